The van der Waals surface area contributed by atoms with Crippen molar-refractivity contribution in [1.82, 2.24) is 14.9 Å². The number of nitrogens with one attached hydrogen (secondary N) is 2. The molecule has 0 bridgehead atoms. The first-order valence-corrected chi connectivity index (χ1v) is 17.2. The van der Waals surface area contributed by atoms with E-state index in [9.17, 15) is 23.9 Å². The van der Waals surface area contributed by atoms with E-state index in [0.29, 0.717) is 54.1 Å². The van der Waals surface area contributed by atoms with Crippen LogP contribution in [0.25, 0.3) is 28.4 Å². The molecule has 2 aromatic carbocycles. The van der Waals surface area contributed by atoms with Gasteiger partial charge >= 0.3 is 5.97 Å². The number of carboxylic acids is 1. The van der Waals surface area contributed by atoms with Crippen LogP contribution in [0.3, 0.4) is 0 Å². The zero-order valence-corrected chi connectivity index (χ0v) is 28.3. The maximum Gasteiger partial charge on any atom is 0.331 e. The molecule has 10 heteroatoms. The van der Waals surface area contributed by atoms with E-state index in [1.165, 1.54) is 18.7 Å². The summed E-state index contributed by atoms with van der Waals surface area (Å²) in [6.07, 6.45) is 10.6. The predicted octanol–water partition coefficient (Wildman–Crippen LogP) is 8.22. The van der Waals surface area contributed by atoms with Crippen LogP contribution in [0.1, 0.15) is 99.2 Å². The number of ether oxygens (including phenoxy) is 1. The molecule has 0 radical (unpaired) electrons. The second-order valence-corrected chi connectivity index (χ2v) is 13.1. The number of carbonyl (C=O) groups is 3. The van der Waals surface area contributed by atoms with E-state index in [0.717, 1.165) is 54.3 Å². The Kier molecular flexibility index (Phi) is 9.85. The summed E-state index contributed by atoms with van der Waals surface area (Å²) in [7, 11) is 0. The average molecular weight is 667 g/mol. The molecular weight excluding hydrogens is 623 g/mol. The smallest absolute Gasteiger partial charge is 0.331 e. The van der Waals surface area contributed by atoms with Gasteiger partial charge in [0.05, 0.1) is 24.2 Å². The average Bonchev–Trinajstić information content (AvgIpc) is 3.37. The lowest BCUT2D eigenvalue weighted by Crippen LogP contribution is -2.61. The van der Waals surface area contributed by atoms with Gasteiger partial charge in [-0.1, -0.05) is 26.2 Å². The monoisotopic (exact) mass is 666 g/mol. The van der Waals surface area contributed by atoms with Gasteiger partial charge in [-0.15, -0.1) is 0 Å². The molecule has 2 saturated carbocycles. The molecule has 6 rings (SSSR count). The van der Waals surface area contributed by atoms with Gasteiger partial charge in [-0.2, -0.15) is 0 Å². The summed E-state index contributed by atoms with van der Waals surface area (Å²) in [5.41, 5.74) is 4.34. The summed E-state index contributed by atoms with van der Waals surface area (Å²) in [6, 6.07) is 14.2. The number of aromatic nitrogens is 2. The highest BCUT2D eigenvalue weighted by molar-refractivity contribution is 6.06. The minimum Gasteiger partial charge on any atom is -0.493 e. The Labute approximate surface area is 285 Å². The number of halogens is 1. The van der Waals surface area contributed by atoms with Crippen molar-refractivity contribution in [2.45, 2.75) is 90.1 Å². The molecule has 0 saturated heterocycles. The number of anilines is 1. The lowest BCUT2D eigenvalue weighted by atomic mass is 9.75. The van der Waals surface area contributed by atoms with Gasteiger partial charge in [-0.3, -0.25) is 14.6 Å². The van der Waals surface area contributed by atoms with Gasteiger partial charge in [-0.05, 0) is 106 Å². The third-order valence-corrected chi connectivity index (χ3v) is 9.98. The summed E-state index contributed by atoms with van der Waals surface area (Å²) in [6.45, 7) is 5.99. The lowest BCUT2D eigenvalue weighted by Gasteiger charge is -2.40. The molecule has 2 heterocycles. The van der Waals surface area contributed by atoms with E-state index in [1.807, 2.05) is 32.0 Å². The topological polar surface area (TPSA) is 123 Å². The van der Waals surface area contributed by atoms with Crippen LogP contribution in [-0.4, -0.2) is 44.6 Å². The molecule has 2 amide bonds. The first kappa shape index (κ1) is 33.9. The molecule has 0 aliphatic heterocycles. The second kappa shape index (κ2) is 14.2. The van der Waals surface area contributed by atoms with Crippen molar-refractivity contribution in [3.63, 3.8) is 0 Å². The predicted molar refractivity (Wildman–Crippen MR) is 188 cm³/mol. The number of amides is 2. The first-order valence-electron chi connectivity index (χ1n) is 17.2. The van der Waals surface area contributed by atoms with Crippen molar-refractivity contribution >= 4 is 40.4 Å². The molecule has 2 aromatic heterocycles. The Balaban J connectivity index is 1.27. The number of rotatable bonds is 11. The molecule has 256 valence electrons. The number of hydrogen-bond acceptors (Lipinski definition) is 5. The van der Waals surface area contributed by atoms with E-state index >= 15 is 0 Å². The van der Waals surface area contributed by atoms with E-state index in [4.69, 9.17) is 4.74 Å². The normalized spacial score (nSPS) is 16.2. The SMILES string of the molecule is CCOc1cc(NC(=O)C2(NC(=O)c3ccc4c(c3)c(C)c(-c3ccc(F)cn3)n4C3CCCCC3)CCC2)ccc1/C=C(\CC)C(=O)O. The molecule has 2 aliphatic rings. The summed E-state index contributed by atoms with van der Waals surface area (Å²) in [5.74, 6) is -1.58. The number of aryl methyl sites for hydroxylation is 1. The highest BCUT2D eigenvalue weighted by Gasteiger charge is 2.45. The summed E-state index contributed by atoms with van der Waals surface area (Å²) < 4.78 is 21.9. The standard InChI is InChI=1S/C39H43FN4O5/c1-4-25(37(46)47)20-26-12-15-29(22-34(26)49-5-2)42-38(48)39(18-9-19-39)43-36(45)27-13-17-33-31(21-27)24(3)35(32-16-14-28(40)23-41-32)44(33)30-10-7-6-8-11-30/h12-17,20-23,30H,4-11,18-19H2,1-3H3,(H,42,48)(H,43,45)(H,46,47)/b25-20+. The molecule has 0 spiro atoms. The van der Waals surface area contributed by atoms with Gasteiger partial charge in [0, 0.05) is 45.4 Å². The molecule has 0 atom stereocenters. The number of aliphatic carboxylic acids is 1. The van der Waals surface area contributed by atoms with Gasteiger partial charge in [0.15, 0.2) is 0 Å². The Hall–Kier alpha value is -4.99. The first-order chi connectivity index (χ1) is 23.6. The Morgan fingerprint density at radius 1 is 1.04 bits per heavy atom. The van der Waals surface area contributed by atoms with Crippen molar-refractivity contribution < 1.29 is 28.6 Å². The fourth-order valence-electron chi connectivity index (χ4n) is 7.16. The van der Waals surface area contributed by atoms with Crippen LogP contribution in [0, 0.1) is 12.7 Å². The van der Waals surface area contributed by atoms with Crippen LogP contribution in [0.15, 0.2) is 60.3 Å². The van der Waals surface area contributed by atoms with Crippen LogP contribution < -0.4 is 15.4 Å². The fraction of sp³-hybridized carbons (Fsp3) is 0.385. The van der Waals surface area contributed by atoms with E-state index in [-0.39, 0.29) is 29.2 Å². The van der Waals surface area contributed by atoms with Crippen molar-refractivity contribution in [2.75, 3.05) is 11.9 Å². The minimum atomic E-state index is -1.07. The molecule has 2 fully saturated rings. The number of carboxylic acid groups (broad SMARTS) is 1. The van der Waals surface area contributed by atoms with Crippen LogP contribution in [-0.2, 0) is 9.59 Å². The maximum absolute atomic E-state index is 13.8. The van der Waals surface area contributed by atoms with Gasteiger partial charge in [0.25, 0.3) is 5.91 Å². The Bertz CT molecular complexity index is 1920. The van der Waals surface area contributed by atoms with E-state index < -0.39 is 11.5 Å². The van der Waals surface area contributed by atoms with Crippen molar-refractivity contribution in [1.29, 1.82) is 0 Å². The number of hydrogen-bond donors (Lipinski definition) is 3. The van der Waals surface area contributed by atoms with E-state index in [2.05, 4.69) is 20.2 Å². The minimum absolute atomic E-state index is 0.246. The fourth-order valence-corrected chi connectivity index (χ4v) is 7.16. The zero-order valence-electron chi connectivity index (χ0n) is 28.3. The third kappa shape index (κ3) is 6.82. The highest BCUT2D eigenvalue weighted by Crippen LogP contribution is 2.41. The molecule has 4 aromatic rings. The van der Waals surface area contributed by atoms with Gasteiger partial charge in [0.2, 0.25) is 5.91 Å². The maximum atomic E-state index is 13.8. The van der Waals surface area contributed by atoms with Gasteiger partial charge < -0.3 is 25.0 Å². The zero-order chi connectivity index (χ0) is 34.7. The van der Waals surface area contributed by atoms with E-state index in [1.54, 1.807) is 37.3 Å². The number of benzene rings is 2. The van der Waals surface area contributed by atoms with Crippen LogP contribution >= 0.6 is 0 Å². The quantitative estimate of drug-likeness (QED) is 0.139. The summed E-state index contributed by atoms with van der Waals surface area (Å²) >= 11 is 0. The lowest BCUT2D eigenvalue weighted by molar-refractivity contribution is -0.132. The van der Waals surface area contributed by atoms with Crippen molar-refractivity contribution in [2.24, 2.45) is 0 Å². The Morgan fingerprint density at radius 2 is 1.82 bits per heavy atom. The Morgan fingerprint density at radius 3 is 2.45 bits per heavy atom. The number of pyridine rings is 1. The molecule has 3 N–H and O–H groups in total. The van der Waals surface area contributed by atoms with Crippen LogP contribution in [0.2, 0.25) is 0 Å². The second-order valence-electron chi connectivity index (χ2n) is 13.1. The third-order valence-electron chi connectivity index (χ3n) is 9.98. The number of nitrogens with zero attached hydrogens (tertiary/aromatic N) is 2. The molecular formula is C39H43FN4O5. The van der Waals surface area contributed by atoms with Gasteiger partial charge in [0.1, 0.15) is 17.1 Å². The molecule has 49 heavy (non-hydrogen) atoms. The highest BCUT2D eigenvalue weighted by atomic mass is 19.1. The van der Waals surface area contributed by atoms with Gasteiger partial charge in [-0.25, -0.2) is 9.18 Å². The number of carbonyl (C=O) groups excluding carboxylic acids is 2. The van der Waals surface area contributed by atoms with Crippen molar-refractivity contribution in [3.8, 4) is 17.1 Å². The molecule has 9 nitrogen and oxygen atoms in total. The summed E-state index contributed by atoms with van der Waals surface area (Å²) in [4.78, 5) is 43.5. The largest absolute Gasteiger partial charge is 0.493 e. The summed E-state index contributed by atoms with van der Waals surface area (Å²) in [5, 5.41) is 16.4. The molecule has 2 aliphatic carbocycles. The van der Waals surface area contributed by atoms with Crippen LogP contribution in [0.5, 0.6) is 5.75 Å². The molecule has 0 unspecified atom stereocenters. The van der Waals surface area contributed by atoms with Crippen molar-refractivity contribution in [3.05, 3.63) is 82.8 Å². The number of fused-ring (bicyclic) bond motifs is 1. The van der Waals surface area contributed by atoms with Crippen LogP contribution in [0.4, 0.5) is 10.1 Å².